The Kier molecular flexibility index (Phi) is 4.76. The molecule has 2 unspecified atom stereocenters. The van der Waals surface area contributed by atoms with Gasteiger partial charge in [-0.15, -0.1) is 0 Å². The van der Waals surface area contributed by atoms with Gasteiger partial charge in [-0.25, -0.2) is 4.79 Å². The third-order valence-corrected chi connectivity index (χ3v) is 4.13. The van der Waals surface area contributed by atoms with Gasteiger partial charge in [-0.2, -0.15) is 0 Å². The van der Waals surface area contributed by atoms with Gasteiger partial charge in [-0.05, 0) is 46.6 Å². The summed E-state index contributed by atoms with van der Waals surface area (Å²) in [4.78, 5) is 27.2. The molecule has 0 aromatic rings. The summed E-state index contributed by atoms with van der Waals surface area (Å²) in [6.45, 7) is 8.44. The molecule has 1 N–H and O–H groups in total. The van der Waals surface area contributed by atoms with E-state index < -0.39 is 11.6 Å². The second-order valence-corrected chi connectivity index (χ2v) is 7.04. The number of nitrogens with zero attached hydrogens (tertiary/aromatic N) is 2. The number of aliphatic carboxylic acids is 1. The quantitative estimate of drug-likeness (QED) is 0.841. The standard InChI is InChI=1S/C15H26N2O4/c1-15(2,3)21-14(20)17-8-6-12(10-17)16-7-4-5-11(9-16)13(18)19/h11-12H,4-10H2,1-3H3,(H,18,19). The molecule has 0 aromatic heterocycles. The van der Waals surface area contributed by atoms with Crippen LogP contribution in [0.4, 0.5) is 4.79 Å². The molecule has 2 heterocycles. The van der Waals surface area contributed by atoms with Crippen LogP contribution in [0.3, 0.4) is 0 Å². The highest BCUT2D eigenvalue weighted by atomic mass is 16.6. The fourth-order valence-corrected chi connectivity index (χ4v) is 3.07. The molecule has 1 amide bonds. The molecule has 6 heteroatoms. The van der Waals surface area contributed by atoms with E-state index in [1.807, 2.05) is 20.8 Å². The van der Waals surface area contributed by atoms with Crippen LogP contribution in [0.25, 0.3) is 0 Å². The topological polar surface area (TPSA) is 70.1 Å². The lowest BCUT2D eigenvalue weighted by molar-refractivity contribution is -0.143. The van der Waals surface area contributed by atoms with Crippen LogP contribution in [0.15, 0.2) is 0 Å². The summed E-state index contributed by atoms with van der Waals surface area (Å²) in [6.07, 6.45) is 2.30. The first-order chi connectivity index (χ1) is 9.76. The third kappa shape index (κ3) is 4.33. The van der Waals surface area contributed by atoms with Gasteiger partial charge in [0.1, 0.15) is 5.60 Å². The van der Waals surface area contributed by atoms with E-state index in [-0.39, 0.29) is 18.1 Å². The Bertz CT molecular complexity index is 405. The molecule has 2 fully saturated rings. The number of hydrogen-bond acceptors (Lipinski definition) is 4. The van der Waals surface area contributed by atoms with E-state index >= 15 is 0 Å². The first kappa shape index (κ1) is 16.1. The molecule has 6 nitrogen and oxygen atoms in total. The molecule has 120 valence electrons. The first-order valence-corrected chi connectivity index (χ1v) is 7.71. The molecule has 0 aliphatic carbocycles. The minimum Gasteiger partial charge on any atom is -0.481 e. The number of carboxylic acids is 1. The second kappa shape index (κ2) is 6.22. The van der Waals surface area contributed by atoms with Crippen LogP contribution >= 0.6 is 0 Å². The van der Waals surface area contributed by atoms with E-state index in [1.165, 1.54) is 0 Å². The van der Waals surface area contributed by atoms with Crippen molar-refractivity contribution in [3.8, 4) is 0 Å². The minimum atomic E-state index is -0.707. The maximum absolute atomic E-state index is 12.1. The molecule has 0 radical (unpaired) electrons. The number of amides is 1. The Balaban J connectivity index is 1.87. The molecule has 2 atom stereocenters. The van der Waals surface area contributed by atoms with Crippen molar-refractivity contribution in [3.05, 3.63) is 0 Å². The van der Waals surface area contributed by atoms with Crippen LogP contribution in [-0.4, -0.2) is 64.8 Å². The largest absolute Gasteiger partial charge is 0.481 e. The van der Waals surface area contributed by atoms with Gasteiger partial charge in [-0.3, -0.25) is 9.69 Å². The van der Waals surface area contributed by atoms with Gasteiger partial charge >= 0.3 is 12.1 Å². The van der Waals surface area contributed by atoms with Crippen LogP contribution in [0.1, 0.15) is 40.0 Å². The van der Waals surface area contributed by atoms with Crippen LogP contribution in [-0.2, 0) is 9.53 Å². The van der Waals surface area contributed by atoms with Crippen molar-refractivity contribution in [2.24, 2.45) is 5.92 Å². The number of piperidine rings is 1. The lowest BCUT2D eigenvalue weighted by Crippen LogP contribution is -2.46. The van der Waals surface area contributed by atoms with E-state index in [2.05, 4.69) is 4.90 Å². The van der Waals surface area contributed by atoms with Crippen LogP contribution in [0.5, 0.6) is 0 Å². The van der Waals surface area contributed by atoms with Crippen molar-refractivity contribution < 1.29 is 19.4 Å². The van der Waals surface area contributed by atoms with Gasteiger partial charge in [0.05, 0.1) is 5.92 Å². The molecule has 0 spiro atoms. The smallest absolute Gasteiger partial charge is 0.410 e. The van der Waals surface area contributed by atoms with Gasteiger partial charge in [0.25, 0.3) is 0 Å². The van der Waals surface area contributed by atoms with Crippen molar-refractivity contribution >= 4 is 12.1 Å². The maximum atomic E-state index is 12.1. The summed E-state index contributed by atoms with van der Waals surface area (Å²) in [5.41, 5.74) is -0.477. The monoisotopic (exact) mass is 298 g/mol. The summed E-state index contributed by atoms with van der Waals surface area (Å²) < 4.78 is 5.39. The summed E-state index contributed by atoms with van der Waals surface area (Å²) in [6, 6.07) is 0.264. The lowest BCUT2D eigenvalue weighted by Gasteiger charge is -2.35. The number of carbonyl (C=O) groups excluding carboxylic acids is 1. The Morgan fingerprint density at radius 3 is 2.48 bits per heavy atom. The van der Waals surface area contributed by atoms with Gasteiger partial charge in [0.2, 0.25) is 0 Å². The summed E-state index contributed by atoms with van der Waals surface area (Å²) in [7, 11) is 0. The average Bonchev–Trinajstić information content (AvgIpc) is 2.86. The van der Waals surface area contributed by atoms with Crippen LogP contribution in [0.2, 0.25) is 0 Å². The predicted molar refractivity (Wildman–Crippen MR) is 78.1 cm³/mol. The Labute approximate surface area is 126 Å². The van der Waals surface area contributed by atoms with Crippen LogP contribution < -0.4 is 0 Å². The molecular formula is C15H26N2O4. The summed E-state index contributed by atoms with van der Waals surface area (Å²) in [5.74, 6) is -0.976. The molecule has 21 heavy (non-hydrogen) atoms. The Hall–Kier alpha value is -1.30. The van der Waals surface area contributed by atoms with E-state index in [9.17, 15) is 9.59 Å². The number of ether oxygens (including phenoxy) is 1. The van der Waals surface area contributed by atoms with Gasteiger partial charge in [0.15, 0.2) is 0 Å². The summed E-state index contributed by atoms with van der Waals surface area (Å²) >= 11 is 0. The first-order valence-electron chi connectivity index (χ1n) is 7.71. The lowest BCUT2D eigenvalue weighted by atomic mass is 9.97. The molecule has 2 aliphatic rings. The van der Waals surface area contributed by atoms with E-state index in [1.54, 1.807) is 4.90 Å². The second-order valence-electron chi connectivity index (χ2n) is 7.04. The molecule has 2 rings (SSSR count). The maximum Gasteiger partial charge on any atom is 0.410 e. The van der Waals surface area contributed by atoms with Crippen molar-refractivity contribution in [1.29, 1.82) is 0 Å². The van der Waals surface area contributed by atoms with E-state index in [0.29, 0.717) is 19.6 Å². The molecule has 0 saturated carbocycles. The van der Waals surface area contributed by atoms with Crippen molar-refractivity contribution in [3.63, 3.8) is 0 Å². The van der Waals surface area contributed by atoms with E-state index in [4.69, 9.17) is 9.84 Å². The number of likely N-dealkylation sites (tertiary alicyclic amines) is 2. The summed E-state index contributed by atoms with van der Waals surface area (Å²) in [5, 5.41) is 9.16. The fraction of sp³-hybridized carbons (Fsp3) is 0.867. The highest BCUT2D eigenvalue weighted by molar-refractivity contribution is 5.70. The highest BCUT2D eigenvalue weighted by Gasteiger charge is 2.36. The van der Waals surface area contributed by atoms with Crippen LogP contribution in [0, 0.1) is 5.92 Å². The molecular weight excluding hydrogens is 272 g/mol. The third-order valence-electron chi connectivity index (χ3n) is 4.13. The van der Waals surface area contributed by atoms with Gasteiger partial charge in [-0.1, -0.05) is 0 Å². The number of rotatable bonds is 2. The number of carboxylic acid groups (broad SMARTS) is 1. The molecule has 2 aliphatic heterocycles. The van der Waals surface area contributed by atoms with Gasteiger partial charge in [0, 0.05) is 25.7 Å². The zero-order valence-corrected chi connectivity index (χ0v) is 13.2. The average molecular weight is 298 g/mol. The van der Waals surface area contributed by atoms with Crippen molar-refractivity contribution in [2.45, 2.75) is 51.7 Å². The van der Waals surface area contributed by atoms with Crippen molar-refractivity contribution in [2.75, 3.05) is 26.2 Å². The minimum absolute atomic E-state index is 0.264. The number of hydrogen-bond donors (Lipinski definition) is 1. The fourth-order valence-electron chi connectivity index (χ4n) is 3.07. The molecule has 2 saturated heterocycles. The molecule has 0 aromatic carbocycles. The predicted octanol–water partition coefficient (Wildman–Crippen LogP) is 1.79. The Morgan fingerprint density at radius 2 is 1.86 bits per heavy atom. The van der Waals surface area contributed by atoms with Crippen molar-refractivity contribution in [1.82, 2.24) is 9.80 Å². The van der Waals surface area contributed by atoms with E-state index in [0.717, 1.165) is 25.8 Å². The molecule has 0 bridgehead atoms. The highest BCUT2D eigenvalue weighted by Crippen LogP contribution is 2.24. The zero-order chi connectivity index (χ0) is 15.6. The normalized spacial score (nSPS) is 27.7. The zero-order valence-electron chi connectivity index (χ0n) is 13.2. The Morgan fingerprint density at radius 1 is 1.14 bits per heavy atom. The van der Waals surface area contributed by atoms with Gasteiger partial charge < -0.3 is 14.7 Å². The SMILES string of the molecule is CC(C)(C)OC(=O)N1CCC(N2CCCC(C(=O)O)C2)C1. The number of carbonyl (C=O) groups is 2.